The summed E-state index contributed by atoms with van der Waals surface area (Å²) in [5.74, 6) is 0. The normalized spacial score (nSPS) is 4.00. The smallest absolute Gasteiger partial charge is 0.672 e. The zero-order chi connectivity index (χ0) is 3.58. The molecule has 0 aromatic rings. The molecule has 0 N–H and O–H groups in total. The van der Waals surface area contributed by atoms with Gasteiger partial charge in [-0.1, -0.05) is 0 Å². The Hall–Kier alpha value is 2.07. The molecule has 6 heavy (non-hydrogen) atoms. The van der Waals surface area contributed by atoms with Crippen LogP contribution in [-0.4, -0.2) is 58.1 Å². The van der Waals surface area contributed by atoms with E-state index in [4.69, 9.17) is 14.1 Å². The summed E-state index contributed by atoms with van der Waals surface area (Å²) in [4.78, 5) is 17.0. The van der Waals surface area contributed by atoms with E-state index in [2.05, 4.69) is 0 Å². The first kappa shape index (κ1) is 15.7. The van der Waals surface area contributed by atoms with Crippen LogP contribution in [0, 0.1) is 0 Å². The first-order valence-electron chi connectivity index (χ1n) is 0.612. The van der Waals surface area contributed by atoms with Gasteiger partial charge >= 0.3 is 75.1 Å². The van der Waals surface area contributed by atoms with Crippen LogP contribution < -0.4 is 9.59 Å². The molecular weight excluding hydrogens is 305 g/mol. The molecule has 6 heteroatoms. The van der Waals surface area contributed by atoms with E-state index in [1.807, 2.05) is 0 Å². The third-order valence-corrected chi connectivity index (χ3v) is 0. The second-order valence-corrected chi connectivity index (χ2v) is 0.750. The van der Waals surface area contributed by atoms with Gasteiger partial charge in [0.1, 0.15) is 0 Å². The summed E-state index contributed by atoms with van der Waals surface area (Å²) in [6.45, 7) is 0. The zero-order valence-electron chi connectivity index (χ0n) is 2.93. The summed E-state index contributed by atoms with van der Waals surface area (Å²) < 4.78 is 8.52. The Morgan fingerprint density at radius 3 is 1.33 bits per heavy atom. The Kier molecular flexibility index (Phi) is 26.5. The fourth-order valence-electron chi connectivity index (χ4n) is 0. The molecule has 0 bridgehead atoms. The fourth-order valence-corrected chi connectivity index (χ4v) is 0. The van der Waals surface area contributed by atoms with Crippen LogP contribution >= 0.6 is 0 Å². The molecule has 0 saturated heterocycles. The monoisotopic (exact) mass is 304 g/mol. The average Bonchev–Trinajstić information content (AvgIpc) is 0.811. The average molecular weight is 305 g/mol. The number of hydrogen-bond donors (Lipinski definition) is 0. The Labute approximate surface area is 96.2 Å². The second kappa shape index (κ2) is 10.1. The summed E-state index contributed by atoms with van der Waals surface area (Å²) in [5.41, 5.74) is 0. The van der Waals surface area contributed by atoms with Crippen molar-refractivity contribution in [3.8, 4) is 0 Å². The van der Waals surface area contributed by atoms with Crippen LogP contribution in [0.2, 0.25) is 0 Å². The Morgan fingerprint density at radius 2 is 1.33 bits per heavy atom. The van der Waals surface area contributed by atoms with Crippen molar-refractivity contribution in [1.82, 2.24) is 0 Å². The maximum Gasteiger partial charge on any atom is 2.00 e. The van der Waals surface area contributed by atoms with E-state index < -0.39 is 9.17 Å². The van der Waals surface area contributed by atoms with Crippen LogP contribution in [0.1, 0.15) is 0 Å². The standard InChI is InChI=1S/Ba.O3Si.Zr/c;1-4(2)3;/q+2;-2;+2. The van der Waals surface area contributed by atoms with Gasteiger partial charge < -0.3 is 14.1 Å². The maximum absolute atomic E-state index is 8.52. The van der Waals surface area contributed by atoms with Crippen molar-refractivity contribution in [2.45, 2.75) is 0 Å². The molecule has 0 aromatic heterocycles. The van der Waals surface area contributed by atoms with Crippen molar-refractivity contribution in [1.29, 1.82) is 0 Å². The minimum atomic E-state index is -3.63. The molecule has 0 radical (unpaired) electrons. The molecule has 0 saturated carbocycles. The van der Waals surface area contributed by atoms with Crippen LogP contribution in [0.3, 0.4) is 0 Å². The molecular formula is BaO3SiZr+2. The van der Waals surface area contributed by atoms with Crippen LogP contribution in [0.4, 0.5) is 0 Å². The molecule has 0 rings (SSSR count). The second-order valence-electron chi connectivity index (χ2n) is 0.250. The van der Waals surface area contributed by atoms with Gasteiger partial charge in [0.05, 0.1) is 0 Å². The third kappa shape index (κ3) is 36.4. The van der Waals surface area contributed by atoms with Gasteiger partial charge in [0.2, 0.25) is 0 Å². The molecule has 0 amide bonds. The molecule has 0 unspecified atom stereocenters. The van der Waals surface area contributed by atoms with E-state index in [1.54, 1.807) is 0 Å². The molecule has 26 valence electrons. The quantitative estimate of drug-likeness (QED) is 0.441. The van der Waals surface area contributed by atoms with Gasteiger partial charge in [-0.05, 0) is 0 Å². The SMILES string of the molecule is O=[Si]([O-])[O-].[Ba+2].[Zr+2]. The fraction of sp³-hybridized carbons (Fsp3) is 0. The Bertz CT molecular complexity index is 33.8. The van der Waals surface area contributed by atoms with E-state index in [0.717, 1.165) is 0 Å². The number of rotatable bonds is 0. The summed E-state index contributed by atoms with van der Waals surface area (Å²) >= 11 is 0. The predicted molar refractivity (Wildman–Crippen MR) is 12.2 cm³/mol. The van der Waals surface area contributed by atoms with Crippen LogP contribution in [0.25, 0.3) is 0 Å². The molecule has 0 aliphatic rings. The van der Waals surface area contributed by atoms with Crippen LogP contribution in [-0.2, 0) is 30.7 Å². The van der Waals surface area contributed by atoms with Crippen molar-refractivity contribution in [3.05, 3.63) is 0 Å². The van der Waals surface area contributed by atoms with Crippen molar-refractivity contribution in [3.63, 3.8) is 0 Å². The van der Waals surface area contributed by atoms with Crippen LogP contribution in [0.5, 0.6) is 0 Å². The van der Waals surface area contributed by atoms with Gasteiger partial charge in [-0.2, -0.15) is 0 Å². The Morgan fingerprint density at radius 1 is 1.33 bits per heavy atom. The minimum absolute atomic E-state index is 0. The largest absolute Gasteiger partial charge is 2.00 e. The molecule has 0 aromatic carbocycles. The van der Waals surface area contributed by atoms with Gasteiger partial charge in [-0.3, -0.25) is 0 Å². The van der Waals surface area contributed by atoms with Crippen molar-refractivity contribution in [2.24, 2.45) is 0 Å². The van der Waals surface area contributed by atoms with Crippen molar-refractivity contribution in [2.75, 3.05) is 0 Å². The first-order chi connectivity index (χ1) is 1.73. The topological polar surface area (TPSA) is 63.2 Å². The van der Waals surface area contributed by atoms with E-state index in [1.165, 1.54) is 0 Å². The van der Waals surface area contributed by atoms with Gasteiger partial charge in [-0.15, -0.1) is 0 Å². The Balaban J connectivity index is -0.0000000450. The molecule has 0 atom stereocenters. The van der Waals surface area contributed by atoms with Gasteiger partial charge in [0, 0.05) is 9.17 Å². The van der Waals surface area contributed by atoms with E-state index in [9.17, 15) is 0 Å². The third-order valence-electron chi connectivity index (χ3n) is 0. The van der Waals surface area contributed by atoms with E-state index >= 15 is 0 Å². The maximum atomic E-state index is 8.52. The van der Waals surface area contributed by atoms with Crippen molar-refractivity contribution >= 4 is 58.1 Å². The molecule has 0 fully saturated rings. The number of hydrogen-bond acceptors (Lipinski definition) is 3. The molecule has 0 heterocycles. The zero-order valence-corrected chi connectivity index (χ0v) is 10.8. The van der Waals surface area contributed by atoms with Crippen molar-refractivity contribution < 1.29 is 40.3 Å². The summed E-state index contributed by atoms with van der Waals surface area (Å²) in [6.07, 6.45) is 0. The van der Waals surface area contributed by atoms with Gasteiger partial charge in [0.15, 0.2) is 0 Å². The minimum Gasteiger partial charge on any atom is -0.672 e. The van der Waals surface area contributed by atoms with E-state index in [0.29, 0.717) is 0 Å². The molecule has 3 nitrogen and oxygen atoms in total. The summed E-state index contributed by atoms with van der Waals surface area (Å²) in [5, 5.41) is 0. The molecule has 0 aliphatic carbocycles. The summed E-state index contributed by atoms with van der Waals surface area (Å²) in [6, 6.07) is 0. The van der Waals surface area contributed by atoms with Gasteiger partial charge in [-0.25, -0.2) is 0 Å². The van der Waals surface area contributed by atoms with Gasteiger partial charge in [0.25, 0.3) is 0 Å². The first-order valence-corrected chi connectivity index (χ1v) is 1.84. The molecule has 0 aliphatic heterocycles. The summed E-state index contributed by atoms with van der Waals surface area (Å²) in [7, 11) is -3.63. The van der Waals surface area contributed by atoms with E-state index in [-0.39, 0.29) is 75.1 Å². The van der Waals surface area contributed by atoms with Crippen LogP contribution in [0.15, 0.2) is 0 Å². The molecule has 0 spiro atoms. The predicted octanol–water partition coefficient (Wildman–Crippen LogP) is -3.26.